The van der Waals surface area contributed by atoms with Crippen LogP contribution < -0.4 is 0 Å². The summed E-state index contributed by atoms with van der Waals surface area (Å²) in [5.74, 6) is -0.0782. The molecule has 0 aliphatic rings. The Morgan fingerprint density at radius 2 is 2.15 bits per heavy atom. The highest BCUT2D eigenvalue weighted by Gasteiger charge is 2.15. The quantitative estimate of drug-likeness (QED) is 0.753. The van der Waals surface area contributed by atoms with Crippen LogP contribution in [0.2, 0.25) is 0 Å². The maximum atomic E-state index is 12.7. The molecule has 8 heteroatoms. The zero-order valence-corrected chi connectivity index (χ0v) is 11.5. The van der Waals surface area contributed by atoms with Crippen molar-refractivity contribution in [3.8, 4) is 11.6 Å². The molecule has 2 heterocycles. The van der Waals surface area contributed by atoms with Gasteiger partial charge in [0.1, 0.15) is 0 Å². The Morgan fingerprint density at radius 3 is 2.75 bits per heavy atom. The molecule has 0 bridgehead atoms. The van der Waals surface area contributed by atoms with Crippen LogP contribution in [0.5, 0.6) is 0 Å². The van der Waals surface area contributed by atoms with E-state index < -0.39 is 11.9 Å². The lowest BCUT2D eigenvalue weighted by atomic mass is 10.4. The first-order valence-corrected chi connectivity index (χ1v) is 6.91. The smallest absolute Gasteiger partial charge is 0.301 e. The molecule has 0 aliphatic heterocycles. The van der Waals surface area contributed by atoms with E-state index in [2.05, 4.69) is 10.2 Å². The number of halogens is 3. The number of nitrogens with zero attached hydrogens (tertiary/aromatic N) is 3. The van der Waals surface area contributed by atoms with Gasteiger partial charge in [-0.25, -0.2) is 4.39 Å². The minimum absolute atomic E-state index is 0.166. The summed E-state index contributed by atoms with van der Waals surface area (Å²) in [5, 5.41) is 8.53. The SMILES string of the molecule is CCn1c(SCCC(F)=C(F)F)nnc1-c1ccco1. The Kier molecular flexibility index (Phi) is 4.89. The van der Waals surface area contributed by atoms with E-state index in [9.17, 15) is 13.2 Å². The highest BCUT2D eigenvalue weighted by Crippen LogP contribution is 2.26. The van der Waals surface area contributed by atoms with Crippen LogP contribution in [0.25, 0.3) is 11.6 Å². The summed E-state index contributed by atoms with van der Waals surface area (Å²) in [6.07, 6.45) is -1.07. The number of hydrogen-bond acceptors (Lipinski definition) is 4. The van der Waals surface area contributed by atoms with E-state index in [0.717, 1.165) is 0 Å². The molecule has 0 aliphatic carbocycles. The first kappa shape index (κ1) is 14.7. The summed E-state index contributed by atoms with van der Waals surface area (Å²) >= 11 is 1.18. The predicted molar refractivity (Wildman–Crippen MR) is 69.1 cm³/mol. The summed E-state index contributed by atoms with van der Waals surface area (Å²) in [4.78, 5) is 0. The number of furan rings is 1. The summed E-state index contributed by atoms with van der Waals surface area (Å²) in [6, 6.07) is 3.49. The molecule has 2 aromatic rings. The molecule has 108 valence electrons. The fourth-order valence-corrected chi connectivity index (χ4v) is 2.53. The van der Waals surface area contributed by atoms with Gasteiger partial charge in [0.25, 0.3) is 0 Å². The van der Waals surface area contributed by atoms with Crippen molar-refractivity contribution in [3.05, 3.63) is 30.3 Å². The Morgan fingerprint density at radius 1 is 1.35 bits per heavy atom. The van der Waals surface area contributed by atoms with Gasteiger partial charge in [-0.05, 0) is 19.1 Å². The van der Waals surface area contributed by atoms with Crippen molar-refractivity contribution in [2.45, 2.75) is 25.0 Å². The molecule has 0 atom stereocenters. The van der Waals surface area contributed by atoms with Gasteiger partial charge >= 0.3 is 6.08 Å². The molecule has 0 saturated heterocycles. The molecule has 0 unspecified atom stereocenters. The van der Waals surface area contributed by atoms with E-state index in [1.54, 1.807) is 16.7 Å². The Balaban J connectivity index is 2.08. The minimum Gasteiger partial charge on any atom is -0.461 e. The first-order valence-electron chi connectivity index (χ1n) is 5.93. The topological polar surface area (TPSA) is 43.9 Å². The summed E-state index contributed by atoms with van der Waals surface area (Å²) in [5.41, 5.74) is 0. The molecule has 2 aromatic heterocycles. The molecule has 0 radical (unpaired) electrons. The Bertz CT molecular complexity index is 591. The second kappa shape index (κ2) is 6.65. The van der Waals surface area contributed by atoms with Crippen LogP contribution >= 0.6 is 11.8 Å². The van der Waals surface area contributed by atoms with Crippen LogP contribution in [0.3, 0.4) is 0 Å². The highest BCUT2D eigenvalue weighted by atomic mass is 32.2. The second-order valence-corrected chi connectivity index (χ2v) is 4.85. The number of rotatable bonds is 6. The lowest BCUT2D eigenvalue weighted by Gasteiger charge is -2.05. The third kappa shape index (κ3) is 3.24. The van der Waals surface area contributed by atoms with Gasteiger partial charge in [-0.1, -0.05) is 11.8 Å². The van der Waals surface area contributed by atoms with E-state index in [1.807, 2.05) is 6.92 Å². The average Bonchev–Trinajstić information content (AvgIpc) is 3.06. The third-order valence-electron chi connectivity index (χ3n) is 2.53. The van der Waals surface area contributed by atoms with Gasteiger partial charge in [-0.15, -0.1) is 10.2 Å². The molecule has 2 rings (SSSR count). The van der Waals surface area contributed by atoms with Crippen LogP contribution in [-0.4, -0.2) is 20.5 Å². The van der Waals surface area contributed by atoms with Gasteiger partial charge < -0.3 is 4.42 Å². The van der Waals surface area contributed by atoms with Crippen molar-refractivity contribution >= 4 is 11.8 Å². The van der Waals surface area contributed by atoms with Crippen molar-refractivity contribution in [3.63, 3.8) is 0 Å². The summed E-state index contributed by atoms with van der Waals surface area (Å²) < 4.78 is 43.6. The summed E-state index contributed by atoms with van der Waals surface area (Å²) in [7, 11) is 0. The molecular formula is C12H12F3N3OS. The molecule has 0 aromatic carbocycles. The van der Waals surface area contributed by atoms with Crippen LogP contribution in [0.1, 0.15) is 13.3 Å². The molecular weight excluding hydrogens is 291 g/mol. The lowest BCUT2D eigenvalue weighted by molar-refractivity contribution is 0.373. The zero-order chi connectivity index (χ0) is 14.5. The Hall–Kier alpha value is -1.70. The molecule has 20 heavy (non-hydrogen) atoms. The van der Waals surface area contributed by atoms with Crippen LogP contribution in [0, 0.1) is 0 Å². The average molecular weight is 303 g/mol. The molecule has 0 fully saturated rings. The third-order valence-corrected chi connectivity index (χ3v) is 3.50. The number of hydrogen-bond donors (Lipinski definition) is 0. The first-order chi connectivity index (χ1) is 9.63. The number of allylic oxidation sites excluding steroid dienone is 1. The van der Waals surface area contributed by atoms with Crippen LogP contribution in [0.4, 0.5) is 13.2 Å². The van der Waals surface area contributed by atoms with E-state index in [1.165, 1.54) is 18.0 Å². The zero-order valence-electron chi connectivity index (χ0n) is 10.6. The molecule has 0 spiro atoms. The van der Waals surface area contributed by atoms with Crippen molar-refractivity contribution in [1.29, 1.82) is 0 Å². The van der Waals surface area contributed by atoms with E-state index in [4.69, 9.17) is 4.42 Å². The van der Waals surface area contributed by atoms with Crippen molar-refractivity contribution in [1.82, 2.24) is 14.8 Å². The fraction of sp³-hybridized carbons (Fsp3) is 0.333. The number of thioether (sulfide) groups is 1. The fourth-order valence-electron chi connectivity index (χ4n) is 1.60. The Labute approximate surface area is 117 Å². The van der Waals surface area contributed by atoms with Crippen LogP contribution in [0.15, 0.2) is 39.9 Å². The maximum Gasteiger partial charge on any atom is 0.301 e. The molecule has 0 amide bonds. The van der Waals surface area contributed by atoms with E-state index in [0.29, 0.717) is 23.3 Å². The monoisotopic (exact) mass is 303 g/mol. The van der Waals surface area contributed by atoms with Crippen LogP contribution in [-0.2, 0) is 6.54 Å². The van der Waals surface area contributed by atoms with Gasteiger partial charge in [-0.2, -0.15) is 8.78 Å². The lowest BCUT2D eigenvalue weighted by Crippen LogP contribution is -1.99. The largest absolute Gasteiger partial charge is 0.461 e. The maximum absolute atomic E-state index is 12.7. The second-order valence-electron chi connectivity index (χ2n) is 3.79. The van der Waals surface area contributed by atoms with Crippen molar-refractivity contribution < 1.29 is 17.6 Å². The van der Waals surface area contributed by atoms with E-state index >= 15 is 0 Å². The van der Waals surface area contributed by atoms with Gasteiger partial charge in [0.2, 0.25) is 0 Å². The minimum atomic E-state index is -2.26. The normalized spacial score (nSPS) is 10.8. The van der Waals surface area contributed by atoms with Crippen molar-refractivity contribution in [2.75, 3.05) is 5.75 Å². The highest BCUT2D eigenvalue weighted by molar-refractivity contribution is 7.99. The van der Waals surface area contributed by atoms with E-state index in [-0.39, 0.29) is 12.2 Å². The van der Waals surface area contributed by atoms with Crippen molar-refractivity contribution in [2.24, 2.45) is 0 Å². The summed E-state index contributed by atoms with van der Waals surface area (Å²) in [6.45, 7) is 2.50. The molecule has 0 N–H and O–H groups in total. The van der Waals surface area contributed by atoms with Gasteiger partial charge in [0.05, 0.1) is 6.26 Å². The standard InChI is InChI=1S/C12H12F3N3OS/c1-2-18-11(9-4-3-6-19-9)16-17-12(18)20-7-5-8(13)10(14)15/h3-4,6H,2,5,7H2,1H3. The van der Waals surface area contributed by atoms with Gasteiger partial charge in [0.15, 0.2) is 22.6 Å². The van der Waals surface area contributed by atoms with Gasteiger partial charge in [-0.3, -0.25) is 4.57 Å². The molecule has 0 saturated carbocycles. The van der Waals surface area contributed by atoms with Gasteiger partial charge in [0, 0.05) is 18.7 Å². The predicted octanol–water partition coefficient (Wildman–Crippen LogP) is 4.12. The number of aromatic nitrogens is 3. The molecule has 4 nitrogen and oxygen atoms in total.